The molecular formula is C15H12Br2O4. The van der Waals surface area contributed by atoms with Gasteiger partial charge in [0.05, 0.1) is 8.95 Å². The molecule has 0 aliphatic heterocycles. The molecule has 0 bridgehead atoms. The second-order valence-corrected chi connectivity index (χ2v) is 5.85. The molecule has 1 N–H and O–H groups in total. The molecule has 0 heterocycles. The Balaban J connectivity index is 2.24. The number of benzene rings is 2. The fraction of sp³-hybridized carbons (Fsp3) is 0.133. The normalized spacial score (nSPS) is 10.2. The molecule has 110 valence electrons. The number of carbonyl (C=O) groups is 1. The highest BCUT2D eigenvalue weighted by atomic mass is 79.9. The predicted molar refractivity (Wildman–Crippen MR) is 85.9 cm³/mol. The summed E-state index contributed by atoms with van der Waals surface area (Å²) in [4.78, 5) is 11.3. The van der Waals surface area contributed by atoms with Gasteiger partial charge in [-0.25, -0.2) is 0 Å². The molecule has 0 unspecified atom stereocenters. The number of hydrogen-bond acceptors (Lipinski definition) is 4. The van der Waals surface area contributed by atoms with Gasteiger partial charge in [0.15, 0.2) is 5.75 Å². The van der Waals surface area contributed by atoms with Crippen molar-refractivity contribution in [2.45, 2.75) is 13.3 Å². The monoisotopic (exact) mass is 414 g/mol. The average molecular weight is 416 g/mol. The third-order valence-electron chi connectivity index (χ3n) is 2.55. The zero-order valence-corrected chi connectivity index (χ0v) is 14.3. The highest BCUT2D eigenvalue weighted by Gasteiger charge is 2.12. The lowest BCUT2D eigenvalue weighted by Crippen LogP contribution is -2.05. The van der Waals surface area contributed by atoms with Crippen LogP contribution in [0.1, 0.15) is 13.3 Å². The highest BCUT2D eigenvalue weighted by Crippen LogP contribution is 2.40. The number of carbonyl (C=O) groups excluding carboxylic acids is 1. The van der Waals surface area contributed by atoms with Crippen LogP contribution in [0.25, 0.3) is 0 Å². The number of hydrogen-bond donors (Lipinski definition) is 1. The van der Waals surface area contributed by atoms with E-state index in [1.165, 1.54) is 12.1 Å². The number of rotatable bonds is 4. The Morgan fingerprint density at radius 1 is 1.10 bits per heavy atom. The van der Waals surface area contributed by atoms with E-state index < -0.39 is 0 Å². The molecule has 0 aliphatic carbocycles. The van der Waals surface area contributed by atoms with E-state index in [0.717, 1.165) is 0 Å². The molecule has 2 aromatic rings. The molecule has 0 atom stereocenters. The van der Waals surface area contributed by atoms with Gasteiger partial charge in [-0.3, -0.25) is 4.79 Å². The Morgan fingerprint density at radius 3 is 2.19 bits per heavy atom. The summed E-state index contributed by atoms with van der Waals surface area (Å²) in [6.07, 6.45) is 0.307. The maximum Gasteiger partial charge on any atom is 0.310 e. The summed E-state index contributed by atoms with van der Waals surface area (Å²) >= 11 is 6.77. The molecule has 0 spiro atoms. The first kappa shape index (κ1) is 15.9. The van der Waals surface area contributed by atoms with E-state index in [1.807, 2.05) is 0 Å². The van der Waals surface area contributed by atoms with E-state index in [1.54, 1.807) is 31.2 Å². The minimum atomic E-state index is -0.305. The lowest BCUT2D eigenvalue weighted by atomic mass is 10.3. The van der Waals surface area contributed by atoms with Crippen LogP contribution in [0, 0.1) is 0 Å². The largest absolute Gasteiger partial charge is 0.508 e. The van der Waals surface area contributed by atoms with Crippen molar-refractivity contribution < 1.29 is 19.4 Å². The second kappa shape index (κ2) is 6.95. The quantitative estimate of drug-likeness (QED) is 0.562. The van der Waals surface area contributed by atoms with Crippen molar-refractivity contribution in [3.05, 3.63) is 45.3 Å². The highest BCUT2D eigenvalue weighted by molar-refractivity contribution is 9.11. The van der Waals surface area contributed by atoms with Gasteiger partial charge in [-0.05, 0) is 68.3 Å². The molecule has 0 fully saturated rings. The van der Waals surface area contributed by atoms with Crippen LogP contribution in [0.2, 0.25) is 0 Å². The molecule has 6 heteroatoms. The number of aromatic hydroxyl groups is 1. The SMILES string of the molecule is CCC(=O)Oc1cc(Br)c(Oc2ccc(O)cc2)c(Br)c1. The van der Waals surface area contributed by atoms with Crippen molar-refractivity contribution in [3.63, 3.8) is 0 Å². The van der Waals surface area contributed by atoms with Crippen molar-refractivity contribution >= 4 is 37.8 Å². The molecule has 0 amide bonds. The molecule has 0 saturated heterocycles. The van der Waals surface area contributed by atoms with E-state index in [-0.39, 0.29) is 11.7 Å². The van der Waals surface area contributed by atoms with Gasteiger partial charge in [-0.2, -0.15) is 0 Å². The van der Waals surface area contributed by atoms with E-state index in [9.17, 15) is 9.90 Å². The Bertz CT molecular complexity index is 630. The molecule has 0 saturated carbocycles. The third kappa shape index (κ3) is 4.22. The summed E-state index contributed by atoms with van der Waals surface area (Å²) in [6.45, 7) is 1.73. The summed E-state index contributed by atoms with van der Waals surface area (Å²) in [6, 6.07) is 9.70. The molecule has 0 radical (unpaired) electrons. The topological polar surface area (TPSA) is 55.8 Å². The van der Waals surface area contributed by atoms with Gasteiger partial charge >= 0.3 is 5.97 Å². The van der Waals surface area contributed by atoms with Crippen molar-refractivity contribution in [1.82, 2.24) is 0 Å². The van der Waals surface area contributed by atoms with Gasteiger partial charge < -0.3 is 14.6 Å². The Labute approximate surface area is 139 Å². The summed E-state index contributed by atoms with van der Waals surface area (Å²) in [5.74, 6) is 1.42. The fourth-order valence-electron chi connectivity index (χ4n) is 1.53. The number of phenols is 1. The van der Waals surface area contributed by atoms with Crippen molar-refractivity contribution in [1.29, 1.82) is 0 Å². The smallest absolute Gasteiger partial charge is 0.310 e. The molecule has 2 aromatic carbocycles. The van der Waals surface area contributed by atoms with Gasteiger partial charge in [0, 0.05) is 6.42 Å². The Kier molecular flexibility index (Phi) is 5.25. The first-order valence-corrected chi connectivity index (χ1v) is 7.74. The lowest BCUT2D eigenvalue weighted by Gasteiger charge is -2.12. The van der Waals surface area contributed by atoms with Crippen molar-refractivity contribution in [2.75, 3.05) is 0 Å². The Morgan fingerprint density at radius 2 is 1.67 bits per heavy atom. The summed E-state index contributed by atoms with van der Waals surface area (Å²) in [7, 11) is 0. The van der Waals surface area contributed by atoms with Crippen LogP contribution in [0.5, 0.6) is 23.0 Å². The predicted octanol–water partition coefficient (Wildman–Crippen LogP) is 5.02. The number of esters is 1. The maximum absolute atomic E-state index is 11.3. The van der Waals surface area contributed by atoms with Crippen molar-refractivity contribution in [3.8, 4) is 23.0 Å². The van der Waals surface area contributed by atoms with Crippen LogP contribution in [0.15, 0.2) is 45.3 Å². The van der Waals surface area contributed by atoms with Gasteiger partial charge in [-0.15, -0.1) is 0 Å². The average Bonchev–Trinajstić information content (AvgIpc) is 2.44. The number of halogens is 2. The van der Waals surface area contributed by atoms with Gasteiger partial charge in [0.2, 0.25) is 0 Å². The molecule has 0 aromatic heterocycles. The zero-order valence-electron chi connectivity index (χ0n) is 11.1. The molecular weight excluding hydrogens is 404 g/mol. The van der Waals surface area contributed by atoms with Gasteiger partial charge in [0.25, 0.3) is 0 Å². The third-order valence-corrected chi connectivity index (χ3v) is 3.73. The van der Waals surface area contributed by atoms with Gasteiger partial charge in [0.1, 0.15) is 17.2 Å². The van der Waals surface area contributed by atoms with Crippen LogP contribution in [0.4, 0.5) is 0 Å². The van der Waals surface area contributed by atoms with Crippen LogP contribution >= 0.6 is 31.9 Å². The molecule has 0 aliphatic rings. The van der Waals surface area contributed by atoms with E-state index in [0.29, 0.717) is 32.6 Å². The van der Waals surface area contributed by atoms with E-state index >= 15 is 0 Å². The summed E-state index contributed by atoms with van der Waals surface area (Å²) < 4.78 is 12.2. The fourth-order valence-corrected chi connectivity index (χ4v) is 2.84. The van der Waals surface area contributed by atoms with Crippen LogP contribution in [-0.4, -0.2) is 11.1 Å². The Hall–Kier alpha value is -1.53. The maximum atomic E-state index is 11.3. The molecule has 2 rings (SSSR count). The van der Waals surface area contributed by atoms with E-state index in [2.05, 4.69) is 31.9 Å². The minimum Gasteiger partial charge on any atom is -0.508 e. The van der Waals surface area contributed by atoms with Crippen molar-refractivity contribution in [2.24, 2.45) is 0 Å². The zero-order chi connectivity index (χ0) is 15.4. The molecule has 21 heavy (non-hydrogen) atoms. The second-order valence-electron chi connectivity index (χ2n) is 4.14. The number of phenolic OH excluding ortho intramolecular Hbond substituents is 1. The summed E-state index contributed by atoms with van der Waals surface area (Å²) in [5, 5.41) is 9.25. The summed E-state index contributed by atoms with van der Waals surface area (Å²) in [5.41, 5.74) is 0. The standard InChI is InChI=1S/C15H12Br2O4/c1-2-14(19)20-11-7-12(16)15(13(17)8-11)21-10-5-3-9(18)4-6-10/h3-8,18H,2H2,1H3. The van der Waals surface area contributed by atoms with Crippen LogP contribution in [-0.2, 0) is 4.79 Å². The number of ether oxygens (including phenoxy) is 2. The lowest BCUT2D eigenvalue weighted by molar-refractivity contribution is -0.134. The van der Waals surface area contributed by atoms with Crippen LogP contribution in [0.3, 0.4) is 0 Å². The molecule has 4 nitrogen and oxygen atoms in total. The van der Waals surface area contributed by atoms with Gasteiger partial charge in [-0.1, -0.05) is 6.92 Å². The first-order valence-electron chi connectivity index (χ1n) is 6.16. The first-order chi connectivity index (χ1) is 9.99. The minimum absolute atomic E-state index is 0.169. The van der Waals surface area contributed by atoms with Crippen LogP contribution < -0.4 is 9.47 Å². The van der Waals surface area contributed by atoms with E-state index in [4.69, 9.17) is 9.47 Å².